The summed E-state index contributed by atoms with van der Waals surface area (Å²) < 4.78 is 10.5. The molecule has 0 aliphatic carbocycles. The summed E-state index contributed by atoms with van der Waals surface area (Å²) in [6.07, 6.45) is 0.978. The third-order valence-corrected chi connectivity index (χ3v) is 3.38. The lowest BCUT2D eigenvalue weighted by molar-refractivity contribution is -0.147. The molecule has 4 heteroatoms. The van der Waals surface area contributed by atoms with Gasteiger partial charge in [0.25, 0.3) is 0 Å². The number of para-hydroxylation sites is 1. The van der Waals surface area contributed by atoms with Crippen molar-refractivity contribution in [2.75, 3.05) is 20.3 Å². The van der Waals surface area contributed by atoms with Crippen molar-refractivity contribution in [1.82, 2.24) is 0 Å². The molecule has 1 heterocycles. The molecule has 0 amide bonds. The van der Waals surface area contributed by atoms with E-state index in [-0.39, 0.29) is 0 Å². The molecule has 1 aliphatic heterocycles. The van der Waals surface area contributed by atoms with E-state index in [9.17, 15) is 9.90 Å². The van der Waals surface area contributed by atoms with E-state index >= 15 is 0 Å². The molecular formula is C13H16O4. The molecular weight excluding hydrogens is 220 g/mol. The lowest BCUT2D eigenvalue weighted by atomic mass is 9.74. The number of carboxylic acids is 1. The van der Waals surface area contributed by atoms with Crippen LogP contribution >= 0.6 is 0 Å². The maximum atomic E-state index is 11.6. The highest BCUT2D eigenvalue weighted by molar-refractivity contribution is 5.82. The first kappa shape index (κ1) is 11.9. The highest BCUT2D eigenvalue weighted by atomic mass is 16.5. The third-order valence-electron chi connectivity index (χ3n) is 3.38. The number of carboxylic acid groups (broad SMARTS) is 1. The molecule has 0 radical (unpaired) electrons. The van der Waals surface area contributed by atoms with Crippen molar-refractivity contribution in [1.29, 1.82) is 0 Å². The van der Waals surface area contributed by atoms with Crippen LogP contribution in [-0.4, -0.2) is 31.4 Å². The average molecular weight is 236 g/mol. The Morgan fingerprint density at radius 3 is 2.59 bits per heavy atom. The van der Waals surface area contributed by atoms with Crippen LogP contribution in [0, 0.1) is 0 Å². The van der Waals surface area contributed by atoms with Crippen LogP contribution in [0.4, 0.5) is 0 Å². The maximum absolute atomic E-state index is 11.6. The lowest BCUT2D eigenvalue weighted by Crippen LogP contribution is -2.41. The summed E-state index contributed by atoms with van der Waals surface area (Å²) in [5, 5.41) is 9.55. The second kappa shape index (κ2) is 4.75. The molecule has 0 unspecified atom stereocenters. The largest absolute Gasteiger partial charge is 0.496 e. The molecule has 0 atom stereocenters. The summed E-state index contributed by atoms with van der Waals surface area (Å²) in [6, 6.07) is 7.32. The van der Waals surface area contributed by atoms with Gasteiger partial charge in [0.15, 0.2) is 0 Å². The van der Waals surface area contributed by atoms with E-state index in [0.717, 1.165) is 5.56 Å². The van der Waals surface area contributed by atoms with Gasteiger partial charge in [-0.15, -0.1) is 0 Å². The molecule has 17 heavy (non-hydrogen) atoms. The number of benzene rings is 1. The minimum absolute atomic E-state index is 0.477. The van der Waals surface area contributed by atoms with Gasteiger partial charge in [-0.1, -0.05) is 18.2 Å². The Kier molecular flexibility index (Phi) is 3.33. The molecule has 4 nitrogen and oxygen atoms in total. The van der Waals surface area contributed by atoms with Gasteiger partial charge in [0.1, 0.15) is 11.2 Å². The van der Waals surface area contributed by atoms with Crippen molar-refractivity contribution in [2.24, 2.45) is 0 Å². The SMILES string of the molecule is COc1ccccc1C1(C(=O)O)CCOCC1. The predicted molar refractivity (Wildman–Crippen MR) is 62.4 cm³/mol. The Morgan fingerprint density at radius 2 is 2.00 bits per heavy atom. The van der Waals surface area contributed by atoms with Crippen LogP contribution in [0.2, 0.25) is 0 Å². The first-order chi connectivity index (χ1) is 8.20. The van der Waals surface area contributed by atoms with Gasteiger partial charge < -0.3 is 14.6 Å². The molecule has 1 aromatic rings. The van der Waals surface area contributed by atoms with Gasteiger partial charge in [0.05, 0.1) is 7.11 Å². The summed E-state index contributed by atoms with van der Waals surface area (Å²) in [5.41, 5.74) is -0.122. The zero-order chi connectivity index (χ0) is 12.3. The molecule has 0 bridgehead atoms. The van der Waals surface area contributed by atoms with Crippen molar-refractivity contribution < 1.29 is 19.4 Å². The smallest absolute Gasteiger partial charge is 0.314 e. The van der Waals surface area contributed by atoms with E-state index in [0.29, 0.717) is 31.8 Å². The number of hydrogen-bond donors (Lipinski definition) is 1. The van der Waals surface area contributed by atoms with E-state index in [1.807, 2.05) is 18.2 Å². The first-order valence-corrected chi connectivity index (χ1v) is 5.65. The molecule has 2 rings (SSSR count). The highest BCUT2D eigenvalue weighted by Crippen LogP contribution is 2.39. The van der Waals surface area contributed by atoms with Crippen LogP contribution in [-0.2, 0) is 14.9 Å². The molecule has 1 saturated heterocycles. The van der Waals surface area contributed by atoms with Crippen LogP contribution in [0.5, 0.6) is 5.75 Å². The number of rotatable bonds is 3. The summed E-state index contributed by atoms with van der Waals surface area (Å²) >= 11 is 0. The predicted octanol–water partition coefficient (Wildman–Crippen LogP) is 1.83. The summed E-state index contributed by atoms with van der Waals surface area (Å²) in [6.45, 7) is 0.953. The fourth-order valence-electron chi connectivity index (χ4n) is 2.36. The third kappa shape index (κ3) is 2.00. The molecule has 0 saturated carbocycles. The zero-order valence-corrected chi connectivity index (χ0v) is 9.81. The quantitative estimate of drug-likeness (QED) is 0.869. The van der Waals surface area contributed by atoms with Gasteiger partial charge in [-0.3, -0.25) is 4.79 Å². The number of ether oxygens (including phenoxy) is 2. The van der Waals surface area contributed by atoms with Crippen LogP contribution in [0.15, 0.2) is 24.3 Å². The summed E-state index contributed by atoms with van der Waals surface area (Å²) in [4.78, 5) is 11.6. The van der Waals surface area contributed by atoms with E-state index in [2.05, 4.69) is 0 Å². The lowest BCUT2D eigenvalue weighted by Gasteiger charge is -2.34. The van der Waals surface area contributed by atoms with E-state index in [4.69, 9.17) is 9.47 Å². The zero-order valence-electron chi connectivity index (χ0n) is 9.81. The highest BCUT2D eigenvalue weighted by Gasteiger charge is 2.43. The fraction of sp³-hybridized carbons (Fsp3) is 0.462. The van der Waals surface area contributed by atoms with E-state index < -0.39 is 11.4 Å². The molecule has 1 aromatic carbocycles. The molecule has 92 valence electrons. The molecule has 0 aromatic heterocycles. The fourth-order valence-corrected chi connectivity index (χ4v) is 2.36. The molecule has 1 N–H and O–H groups in total. The standard InChI is InChI=1S/C13H16O4/c1-16-11-5-3-2-4-10(11)13(12(14)15)6-8-17-9-7-13/h2-5H,6-9H2,1H3,(H,14,15). The first-order valence-electron chi connectivity index (χ1n) is 5.65. The van der Waals surface area contributed by atoms with Gasteiger partial charge >= 0.3 is 5.97 Å². The van der Waals surface area contributed by atoms with E-state index in [1.165, 1.54) is 0 Å². The normalized spacial score (nSPS) is 18.6. The van der Waals surface area contributed by atoms with Crippen LogP contribution in [0.25, 0.3) is 0 Å². The Hall–Kier alpha value is -1.55. The second-order valence-corrected chi connectivity index (χ2v) is 4.20. The van der Waals surface area contributed by atoms with E-state index in [1.54, 1.807) is 13.2 Å². The van der Waals surface area contributed by atoms with Crippen molar-refractivity contribution in [3.63, 3.8) is 0 Å². The van der Waals surface area contributed by atoms with Crippen LogP contribution in [0.3, 0.4) is 0 Å². The average Bonchev–Trinajstić information content (AvgIpc) is 2.39. The van der Waals surface area contributed by atoms with Crippen LogP contribution in [0.1, 0.15) is 18.4 Å². The molecule has 1 aliphatic rings. The number of carbonyl (C=O) groups is 1. The van der Waals surface area contributed by atoms with Gasteiger partial charge in [-0.05, 0) is 18.9 Å². The topological polar surface area (TPSA) is 55.8 Å². The van der Waals surface area contributed by atoms with Crippen molar-refractivity contribution in [2.45, 2.75) is 18.3 Å². The van der Waals surface area contributed by atoms with Crippen molar-refractivity contribution in [3.8, 4) is 5.75 Å². The van der Waals surface area contributed by atoms with Crippen molar-refractivity contribution in [3.05, 3.63) is 29.8 Å². The van der Waals surface area contributed by atoms with Gasteiger partial charge in [0.2, 0.25) is 0 Å². The minimum atomic E-state index is -0.870. The number of methoxy groups -OCH3 is 1. The Morgan fingerprint density at radius 1 is 1.35 bits per heavy atom. The summed E-state index contributed by atoms with van der Waals surface area (Å²) in [5.74, 6) is -0.165. The maximum Gasteiger partial charge on any atom is 0.314 e. The molecule has 0 spiro atoms. The Balaban J connectivity index is 2.48. The number of hydrogen-bond acceptors (Lipinski definition) is 3. The van der Waals surface area contributed by atoms with Crippen LogP contribution < -0.4 is 4.74 Å². The summed E-state index contributed by atoms with van der Waals surface area (Å²) in [7, 11) is 1.56. The molecule has 1 fully saturated rings. The number of aliphatic carboxylic acids is 1. The van der Waals surface area contributed by atoms with Gasteiger partial charge in [-0.2, -0.15) is 0 Å². The monoisotopic (exact) mass is 236 g/mol. The minimum Gasteiger partial charge on any atom is -0.496 e. The van der Waals surface area contributed by atoms with Crippen molar-refractivity contribution >= 4 is 5.97 Å². The Labute approximate surface area is 100 Å². The Bertz CT molecular complexity index is 408. The second-order valence-electron chi connectivity index (χ2n) is 4.20. The van der Waals surface area contributed by atoms with Gasteiger partial charge in [-0.25, -0.2) is 0 Å². The van der Waals surface area contributed by atoms with Gasteiger partial charge in [0, 0.05) is 18.8 Å².